The molecule has 0 fully saturated rings. The third kappa shape index (κ3) is 2.45. The van der Waals surface area contributed by atoms with Gasteiger partial charge in [-0.3, -0.25) is 0 Å². The van der Waals surface area contributed by atoms with Gasteiger partial charge in [0, 0.05) is 5.56 Å². The van der Waals surface area contributed by atoms with E-state index in [2.05, 4.69) is 0 Å². The number of phenols is 1. The number of aliphatic hydroxyl groups is 1. The predicted octanol–water partition coefficient (Wildman–Crippen LogP) is 1.15. The first-order valence-electron chi connectivity index (χ1n) is 3.31. The number of aliphatic carboxylic acids is 1. The van der Waals surface area contributed by atoms with E-state index in [0.717, 1.165) is 0 Å². The largest absolute Gasteiger partial charge is 0.508 e. The van der Waals surface area contributed by atoms with E-state index >= 15 is 0 Å². The molecule has 0 radical (unpaired) electrons. The summed E-state index contributed by atoms with van der Waals surface area (Å²) in [6.07, 6.45) is -1.66. The van der Waals surface area contributed by atoms with E-state index in [1.54, 1.807) is 12.1 Å². The molecule has 13 heavy (non-hydrogen) atoms. The highest BCUT2D eigenvalue weighted by atomic mass is 16.4. The zero-order valence-corrected chi connectivity index (χ0v) is 6.14. The van der Waals surface area contributed by atoms with Crippen LogP contribution in [0.3, 0.4) is 0 Å². The molecule has 1 atom stereocenters. The second-order valence-corrected chi connectivity index (χ2v) is 2.30. The van der Waals surface area contributed by atoms with Gasteiger partial charge in [0.1, 0.15) is 5.75 Å². The summed E-state index contributed by atoms with van der Waals surface area (Å²) in [7, 11) is 0. The molecule has 4 nitrogen and oxygen atoms in total. The lowest BCUT2D eigenvalue weighted by atomic mass is 10.1. The first-order chi connectivity index (χ1) is 5.63. The Bertz CT molecular complexity index is 295. The Balaban J connectivity index is 0.00000144. The van der Waals surface area contributed by atoms with Crippen molar-refractivity contribution in [3.05, 3.63) is 29.8 Å². The van der Waals surface area contributed by atoms with Crippen molar-refractivity contribution < 1.29 is 20.1 Å². The van der Waals surface area contributed by atoms with Crippen molar-refractivity contribution in [2.45, 2.75) is 13.5 Å². The van der Waals surface area contributed by atoms with Crippen LogP contribution in [0.25, 0.3) is 0 Å². The Morgan fingerprint density at radius 3 is 2.31 bits per heavy atom. The Kier molecular flexibility index (Phi) is 3.94. The average molecular weight is 184 g/mol. The number of benzene rings is 1. The zero-order valence-electron chi connectivity index (χ0n) is 6.14. The van der Waals surface area contributed by atoms with Gasteiger partial charge in [-0.15, -0.1) is 0 Å². The highest BCUT2D eigenvalue weighted by Gasteiger charge is 2.18. The fourth-order valence-electron chi connectivity index (χ4n) is 0.852. The summed E-state index contributed by atoms with van der Waals surface area (Å²) in [5.41, 5.74) is 0.00463. The minimum Gasteiger partial charge on any atom is -0.508 e. The summed E-state index contributed by atoms with van der Waals surface area (Å²) in [4.78, 5) is 10.3. The van der Waals surface area contributed by atoms with Gasteiger partial charge < -0.3 is 15.3 Å². The Morgan fingerprint density at radius 1 is 1.31 bits per heavy atom. The highest BCUT2D eigenvalue weighted by molar-refractivity contribution is 5.75. The van der Waals surface area contributed by atoms with Crippen LogP contribution in [0.5, 0.6) is 5.75 Å². The molecule has 0 aliphatic rings. The SMILES string of the molecule is C.O=C(O)C(O)c1ccccc1O. The zero-order chi connectivity index (χ0) is 9.14. The summed E-state index contributed by atoms with van der Waals surface area (Å²) >= 11 is 0. The van der Waals surface area contributed by atoms with Gasteiger partial charge in [-0.2, -0.15) is 0 Å². The molecule has 0 heterocycles. The molecule has 0 spiro atoms. The number of hydrogen-bond acceptors (Lipinski definition) is 3. The van der Waals surface area contributed by atoms with Gasteiger partial charge in [0.05, 0.1) is 0 Å². The molecule has 0 saturated carbocycles. The molecule has 0 bridgehead atoms. The van der Waals surface area contributed by atoms with Gasteiger partial charge in [-0.05, 0) is 6.07 Å². The number of aromatic hydroxyl groups is 1. The second-order valence-electron chi connectivity index (χ2n) is 2.30. The first kappa shape index (κ1) is 11.4. The van der Waals surface area contributed by atoms with Crippen molar-refractivity contribution in [2.24, 2.45) is 0 Å². The number of carbonyl (C=O) groups is 1. The number of phenolic OH excluding ortho intramolecular Hbond substituents is 1. The van der Waals surface area contributed by atoms with E-state index < -0.39 is 12.1 Å². The molecule has 72 valence electrons. The maximum Gasteiger partial charge on any atom is 0.337 e. The molecular weight excluding hydrogens is 172 g/mol. The molecule has 1 unspecified atom stereocenters. The number of rotatable bonds is 2. The predicted molar refractivity (Wildman–Crippen MR) is 47.4 cm³/mol. The Hall–Kier alpha value is -1.55. The molecule has 0 aliphatic heterocycles. The molecule has 0 aromatic heterocycles. The fourth-order valence-corrected chi connectivity index (χ4v) is 0.852. The Labute approximate surface area is 76.1 Å². The van der Waals surface area contributed by atoms with Crippen molar-refractivity contribution in [2.75, 3.05) is 0 Å². The van der Waals surface area contributed by atoms with E-state index in [1.165, 1.54) is 12.1 Å². The second kappa shape index (κ2) is 4.47. The molecule has 1 rings (SSSR count). The van der Waals surface area contributed by atoms with Crippen LogP contribution >= 0.6 is 0 Å². The smallest absolute Gasteiger partial charge is 0.337 e. The molecule has 4 heteroatoms. The molecule has 0 aliphatic carbocycles. The van der Waals surface area contributed by atoms with Gasteiger partial charge in [0.2, 0.25) is 0 Å². The number of hydrogen-bond donors (Lipinski definition) is 3. The van der Waals surface area contributed by atoms with Crippen LogP contribution in [0.2, 0.25) is 0 Å². The summed E-state index contributed by atoms with van der Waals surface area (Å²) in [5.74, 6) is -1.59. The minimum atomic E-state index is -1.66. The minimum absolute atomic E-state index is 0. The van der Waals surface area contributed by atoms with Gasteiger partial charge >= 0.3 is 5.97 Å². The summed E-state index contributed by atoms with van der Waals surface area (Å²) in [6.45, 7) is 0. The molecule has 0 amide bonds. The summed E-state index contributed by atoms with van der Waals surface area (Å²) in [5, 5.41) is 26.5. The molecular formula is C9H12O4. The van der Waals surface area contributed by atoms with E-state index in [9.17, 15) is 4.79 Å². The van der Waals surface area contributed by atoms with Crippen LogP contribution in [0.4, 0.5) is 0 Å². The highest BCUT2D eigenvalue weighted by Crippen LogP contribution is 2.23. The van der Waals surface area contributed by atoms with E-state index in [-0.39, 0.29) is 18.7 Å². The van der Waals surface area contributed by atoms with Crippen LogP contribution in [-0.2, 0) is 4.79 Å². The van der Waals surface area contributed by atoms with Crippen LogP contribution in [0, 0.1) is 0 Å². The molecule has 0 saturated heterocycles. The lowest BCUT2D eigenvalue weighted by molar-refractivity contribution is -0.147. The topological polar surface area (TPSA) is 77.8 Å². The van der Waals surface area contributed by atoms with Crippen molar-refractivity contribution in [3.63, 3.8) is 0 Å². The van der Waals surface area contributed by atoms with Crippen molar-refractivity contribution in [1.29, 1.82) is 0 Å². The third-order valence-corrected chi connectivity index (χ3v) is 1.47. The van der Waals surface area contributed by atoms with Crippen molar-refractivity contribution in [1.82, 2.24) is 0 Å². The third-order valence-electron chi connectivity index (χ3n) is 1.47. The van der Waals surface area contributed by atoms with Crippen LogP contribution < -0.4 is 0 Å². The Morgan fingerprint density at radius 2 is 1.85 bits per heavy atom. The standard InChI is InChI=1S/C8H8O4.CH4/c9-6-4-2-1-3-5(6)7(10)8(11)12;/h1-4,7,9-10H,(H,11,12);1H4. The van der Waals surface area contributed by atoms with Crippen molar-refractivity contribution >= 4 is 5.97 Å². The molecule has 3 N–H and O–H groups in total. The molecule has 1 aromatic rings. The monoisotopic (exact) mass is 184 g/mol. The first-order valence-corrected chi connectivity index (χ1v) is 3.31. The van der Waals surface area contributed by atoms with Crippen LogP contribution in [-0.4, -0.2) is 21.3 Å². The number of aliphatic hydroxyl groups excluding tert-OH is 1. The fraction of sp³-hybridized carbons (Fsp3) is 0.222. The summed E-state index contributed by atoms with van der Waals surface area (Å²) in [6, 6.07) is 5.77. The van der Waals surface area contributed by atoms with E-state index in [0.29, 0.717) is 0 Å². The average Bonchev–Trinajstić information content (AvgIpc) is 2.04. The maximum atomic E-state index is 10.3. The van der Waals surface area contributed by atoms with Gasteiger partial charge in [0.15, 0.2) is 6.10 Å². The lowest BCUT2D eigenvalue weighted by Gasteiger charge is -2.06. The van der Waals surface area contributed by atoms with E-state index in [4.69, 9.17) is 15.3 Å². The number of carboxylic acids is 1. The van der Waals surface area contributed by atoms with Gasteiger partial charge in [-0.25, -0.2) is 4.79 Å². The molecule has 1 aromatic carbocycles. The number of carboxylic acid groups (broad SMARTS) is 1. The summed E-state index contributed by atoms with van der Waals surface area (Å²) < 4.78 is 0. The number of para-hydroxylation sites is 1. The van der Waals surface area contributed by atoms with Crippen LogP contribution in [0.15, 0.2) is 24.3 Å². The van der Waals surface area contributed by atoms with E-state index in [1.807, 2.05) is 0 Å². The quantitative estimate of drug-likeness (QED) is 0.644. The lowest BCUT2D eigenvalue weighted by Crippen LogP contribution is -2.10. The van der Waals surface area contributed by atoms with Gasteiger partial charge in [0.25, 0.3) is 0 Å². The van der Waals surface area contributed by atoms with Gasteiger partial charge in [-0.1, -0.05) is 25.6 Å². The normalized spacial score (nSPS) is 11.5. The maximum absolute atomic E-state index is 10.3. The van der Waals surface area contributed by atoms with Crippen LogP contribution in [0.1, 0.15) is 19.1 Å². The van der Waals surface area contributed by atoms with Crippen molar-refractivity contribution in [3.8, 4) is 5.75 Å².